The lowest BCUT2D eigenvalue weighted by molar-refractivity contribution is -0.229. The van der Waals surface area contributed by atoms with Gasteiger partial charge in [0.05, 0.1) is 6.61 Å². The van der Waals surface area contributed by atoms with Crippen molar-refractivity contribution in [3.63, 3.8) is 0 Å². The van der Waals surface area contributed by atoms with Gasteiger partial charge in [-0.3, -0.25) is 0 Å². The third kappa shape index (κ3) is 5.75. The predicted molar refractivity (Wildman–Crippen MR) is 36.8 cm³/mol. The summed E-state index contributed by atoms with van der Waals surface area (Å²) in [4.78, 5) is 0. The van der Waals surface area contributed by atoms with Gasteiger partial charge in [-0.15, -0.1) is 6.58 Å². The molecule has 1 radical (unpaired) electrons. The Hall–Kier alpha value is -0.380. The average molecular weight is 145 g/mol. The second-order valence-corrected chi connectivity index (χ2v) is 1.89. The molecule has 0 aliphatic heterocycles. The normalized spacial score (nSPS) is 16.3. The Bertz CT molecular complexity index is 90.9. The molecule has 0 saturated carbocycles. The fourth-order valence-electron chi connectivity index (χ4n) is 0.513. The van der Waals surface area contributed by atoms with Gasteiger partial charge in [-0.25, -0.2) is 5.11 Å². The van der Waals surface area contributed by atoms with Crippen LogP contribution in [0, 0.1) is 0 Å². The van der Waals surface area contributed by atoms with Crippen LogP contribution in [0.1, 0.15) is 13.8 Å². The number of ether oxygens (including phenoxy) is 2. The molecule has 3 nitrogen and oxygen atoms in total. The molecule has 0 aromatic heterocycles. The van der Waals surface area contributed by atoms with E-state index in [0.29, 0.717) is 6.61 Å². The van der Waals surface area contributed by atoms with Crippen molar-refractivity contribution in [1.29, 1.82) is 0 Å². The molecule has 0 saturated heterocycles. The van der Waals surface area contributed by atoms with E-state index in [9.17, 15) is 5.11 Å². The van der Waals surface area contributed by atoms with Crippen LogP contribution in [0.4, 0.5) is 0 Å². The Labute approximate surface area is 61.3 Å². The van der Waals surface area contributed by atoms with Gasteiger partial charge in [0, 0.05) is 0 Å². The largest absolute Gasteiger partial charge is 0.349 e. The lowest BCUT2D eigenvalue weighted by atomic mass is 10.6. The van der Waals surface area contributed by atoms with Crippen LogP contribution in [0.3, 0.4) is 0 Å². The van der Waals surface area contributed by atoms with Crippen molar-refractivity contribution < 1.29 is 14.6 Å². The van der Waals surface area contributed by atoms with Gasteiger partial charge in [0.1, 0.15) is 0 Å². The third-order valence-corrected chi connectivity index (χ3v) is 0.832. The zero-order chi connectivity index (χ0) is 7.98. The van der Waals surface area contributed by atoms with Crippen LogP contribution < -0.4 is 0 Å². The molecule has 0 aromatic rings. The van der Waals surface area contributed by atoms with Crippen LogP contribution in [0.2, 0.25) is 0 Å². The second kappa shape index (κ2) is 5.41. The highest BCUT2D eigenvalue weighted by atomic mass is 16.7. The minimum atomic E-state index is -1.03. The highest BCUT2D eigenvalue weighted by Crippen LogP contribution is 1.96. The molecule has 0 aromatic carbocycles. The first-order valence-corrected chi connectivity index (χ1v) is 3.20. The Balaban J connectivity index is 3.24. The van der Waals surface area contributed by atoms with Crippen molar-refractivity contribution >= 4 is 0 Å². The summed E-state index contributed by atoms with van der Waals surface area (Å²) in [5.74, 6) is 0. The Morgan fingerprint density at radius 2 is 2.20 bits per heavy atom. The number of rotatable bonds is 5. The summed E-state index contributed by atoms with van der Waals surface area (Å²) >= 11 is 0. The maximum absolute atomic E-state index is 10.4. The van der Waals surface area contributed by atoms with E-state index in [1.165, 1.54) is 6.92 Å². The highest BCUT2D eigenvalue weighted by molar-refractivity contribution is 4.63. The van der Waals surface area contributed by atoms with Crippen LogP contribution in [-0.2, 0) is 14.6 Å². The van der Waals surface area contributed by atoms with Crippen LogP contribution in [0.5, 0.6) is 0 Å². The summed E-state index contributed by atoms with van der Waals surface area (Å²) < 4.78 is 9.69. The van der Waals surface area contributed by atoms with E-state index >= 15 is 0 Å². The minimum Gasteiger partial charge on any atom is -0.349 e. The molecule has 0 spiro atoms. The first kappa shape index (κ1) is 9.62. The lowest BCUT2D eigenvalue weighted by Crippen LogP contribution is -2.18. The predicted octanol–water partition coefficient (Wildman–Crippen LogP) is 1.33. The molecule has 0 amide bonds. The molecule has 59 valence electrons. The van der Waals surface area contributed by atoms with Gasteiger partial charge in [-0.1, -0.05) is 6.08 Å². The van der Waals surface area contributed by atoms with Crippen molar-refractivity contribution in [2.75, 3.05) is 6.61 Å². The SMILES string of the molecule is C=CCOC(C)OC(C)[O]. The van der Waals surface area contributed by atoms with Gasteiger partial charge >= 0.3 is 0 Å². The van der Waals surface area contributed by atoms with E-state index in [1.807, 2.05) is 0 Å². The van der Waals surface area contributed by atoms with E-state index in [2.05, 4.69) is 6.58 Å². The van der Waals surface area contributed by atoms with Gasteiger partial charge < -0.3 is 9.47 Å². The highest BCUT2D eigenvalue weighted by Gasteiger charge is 2.04. The molecule has 0 rings (SSSR count). The average Bonchev–Trinajstić information content (AvgIpc) is 1.82. The lowest BCUT2D eigenvalue weighted by Gasteiger charge is -2.12. The minimum absolute atomic E-state index is 0.411. The zero-order valence-electron chi connectivity index (χ0n) is 6.37. The van der Waals surface area contributed by atoms with Gasteiger partial charge in [-0.2, -0.15) is 0 Å². The zero-order valence-corrected chi connectivity index (χ0v) is 6.37. The summed E-state index contributed by atoms with van der Waals surface area (Å²) in [5.41, 5.74) is 0. The quantitative estimate of drug-likeness (QED) is 0.432. The molecular weight excluding hydrogens is 132 g/mol. The van der Waals surface area contributed by atoms with Gasteiger partial charge in [-0.05, 0) is 13.8 Å². The monoisotopic (exact) mass is 145 g/mol. The molecule has 0 bridgehead atoms. The maximum Gasteiger partial charge on any atom is 0.191 e. The number of hydrogen-bond donors (Lipinski definition) is 0. The third-order valence-electron chi connectivity index (χ3n) is 0.832. The van der Waals surface area contributed by atoms with Gasteiger partial charge in [0.2, 0.25) is 0 Å². The Morgan fingerprint density at radius 3 is 2.60 bits per heavy atom. The first-order valence-electron chi connectivity index (χ1n) is 3.20. The summed E-state index contributed by atoms with van der Waals surface area (Å²) in [5, 5.41) is 10.4. The molecular formula is C7H13O3. The summed E-state index contributed by atoms with van der Waals surface area (Å²) in [6, 6.07) is 0. The molecule has 10 heavy (non-hydrogen) atoms. The molecule has 0 N–H and O–H groups in total. The van der Waals surface area contributed by atoms with E-state index in [1.54, 1.807) is 13.0 Å². The number of hydrogen-bond acceptors (Lipinski definition) is 2. The van der Waals surface area contributed by atoms with Crippen LogP contribution >= 0.6 is 0 Å². The molecule has 0 fully saturated rings. The van der Waals surface area contributed by atoms with Crippen molar-refractivity contribution in [2.45, 2.75) is 26.4 Å². The van der Waals surface area contributed by atoms with Crippen molar-refractivity contribution in [1.82, 2.24) is 0 Å². The molecule has 0 aliphatic rings. The van der Waals surface area contributed by atoms with Crippen LogP contribution in [0.15, 0.2) is 12.7 Å². The van der Waals surface area contributed by atoms with E-state index < -0.39 is 12.6 Å². The van der Waals surface area contributed by atoms with E-state index in [0.717, 1.165) is 0 Å². The van der Waals surface area contributed by atoms with Gasteiger partial charge in [0.25, 0.3) is 0 Å². The van der Waals surface area contributed by atoms with Crippen molar-refractivity contribution in [3.8, 4) is 0 Å². The fourth-order valence-corrected chi connectivity index (χ4v) is 0.513. The maximum atomic E-state index is 10.4. The molecule has 2 unspecified atom stereocenters. The van der Waals surface area contributed by atoms with E-state index in [4.69, 9.17) is 9.47 Å². The molecule has 0 aliphatic carbocycles. The Kier molecular flexibility index (Phi) is 5.20. The Morgan fingerprint density at radius 1 is 1.60 bits per heavy atom. The molecule has 0 heterocycles. The summed E-state index contributed by atoms with van der Waals surface area (Å²) in [6.07, 6.45) is 0.139. The summed E-state index contributed by atoms with van der Waals surface area (Å²) in [6.45, 7) is 6.97. The molecule has 2 atom stereocenters. The standard InChI is InChI=1S/C7H13O3/c1-4-5-9-7(3)10-6(2)8/h4,6-7H,1,5H2,2-3H3. The fraction of sp³-hybridized carbons (Fsp3) is 0.714. The van der Waals surface area contributed by atoms with E-state index in [-0.39, 0.29) is 0 Å². The first-order chi connectivity index (χ1) is 4.66. The topological polar surface area (TPSA) is 38.4 Å². The van der Waals surface area contributed by atoms with Gasteiger partial charge in [0.15, 0.2) is 12.6 Å². The van der Waals surface area contributed by atoms with Crippen LogP contribution in [0.25, 0.3) is 0 Å². The second-order valence-electron chi connectivity index (χ2n) is 1.89. The van der Waals surface area contributed by atoms with Crippen molar-refractivity contribution in [3.05, 3.63) is 12.7 Å². The summed E-state index contributed by atoms with van der Waals surface area (Å²) in [7, 11) is 0. The molecule has 3 heteroatoms. The van der Waals surface area contributed by atoms with Crippen molar-refractivity contribution in [2.24, 2.45) is 0 Å². The smallest absolute Gasteiger partial charge is 0.191 e. The van der Waals surface area contributed by atoms with Crippen LogP contribution in [-0.4, -0.2) is 19.2 Å².